The van der Waals surface area contributed by atoms with E-state index in [1.807, 2.05) is 0 Å². The van der Waals surface area contributed by atoms with Gasteiger partial charge in [-0.25, -0.2) is 9.97 Å². The largest absolute Gasteiger partial charge is 0.280 e. The topological polar surface area (TPSA) is 46.1 Å². The van der Waals surface area contributed by atoms with Crippen molar-refractivity contribution in [2.45, 2.75) is 32.1 Å². The molecule has 4 nitrogen and oxygen atoms in total. The van der Waals surface area contributed by atoms with Gasteiger partial charge in [0, 0.05) is 19.2 Å². The molecule has 1 amide bonds. The molecular formula is C14H15N3O. The maximum absolute atomic E-state index is 12.1. The molecule has 18 heavy (non-hydrogen) atoms. The predicted octanol–water partition coefficient (Wildman–Crippen LogP) is 1.75. The Hall–Kier alpha value is -1.89. The summed E-state index contributed by atoms with van der Waals surface area (Å²) in [6.07, 6.45) is 12.3. The Morgan fingerprint density at radius 2 is 2.17 bits per heavy atom. The summed E-state index contributed by atoms with van der Waals surface area (Å²) < 4.78 is 0. The quantitative estimate of drug-likeness (QED) is 0.704. The number of amides is 1. The SMILES string of the molecule is C#Cc1ccnc(N2CC3(CCCC3)CC2=O)n1. The summed E-state index contributed by atoms with van der Waals surface area (Å²) >= 11 is 0. The van der Waals surface area contributed by atoms with E-state index < -0.39 is 0 Å². The smallest absolute Gasteiger partial charge is 0.233 e. The molecule has 1 aliphatic carbocycles. The molecule has 1 aromatic heterocycles. The molecule has 1 saturated heterocycles. The van der Waals surface area contributed by atoms with Gasteiger partial charge in [0.15, 0.2) is 0 Å². The average molecular weight is 241 g/mol. The van der Waals surface area contributed by atoms with Gasteiger partial charge in [0.05, 0.1) is 0 Å². The molecular weight excluding hydrogens is 226 g/mol. The van der Waals surface area contributed by atoms with E-state index in [-0.39, 0.29) is 11.3 Å². The molecule has 4 heteroatoms. The van der Waals surface area contributed by atoms with Crippen LogP contribution in [0.2, 0.25) is 0 Å². The zero-order valence-electron chi connectivity index (χ0n) is 10.2. The summed E-state index contributed by atoms with van der Waals surface area (Å²) in [7, 11) is 0. The van der Waals surface area contributed by atoms with Gasteiger partial charge in [-0.3, -0.25) is 9.69 Å². The molecule has 1 aliphatic heterocycles. The Balaban J connectivity index is 1.88. The third-order valence-electron chi connectivity index (χ3n) is 4.02. The number of hydrogen-bond acceptors (Lipinski definition) is 3. The van der Waals surface area contributed by atoms with Crippen molar-refractivity contribution in [1.82, 2.24) is 9.97 Å². The molecule has 0 bridgehead atoms. The van der Waals surface area contributed by atoms with Gasteiger partial charge in [0.25, 0.3) is 0 Å². The van der Waals surface area contributed by atoms with Crippen LogP contribution in [0.25, 0.3) is 0 Å². The van der Waals surface area contributed by atoms with Crippen LogP contribution in [-0.4, -0.2) is 22.4 Å². The Morgan fingerprint density at radius 3 is 2.89 bits per heavy atom. The van der Waals surface area contributed by atoms with Gasteiger partial charge in [-0.15, -0.1) is 6.42 Å². The molecule has 2 heterocycles. The van der Waals surface area contributed by atoms with Crippen molar-refractivity contribution in [3.8, 4) is 12.3 Å². The minimum atomic E-state index is 0.131. The highest BCUT2D eigenvalue weighted by Crippen LogP contribution is 2.46. The van der Waals surface area contributed by atoms with Crippen molar-refractivity contribution in [1.29, 1.82) is 0 Å². The summed E-state index contributed by atoms with van der Waals surface area (Å²) in [6, 6.07) is 1.68. The Labute approximate surface area is 106 Å². The lowest BCUT2D eigenvalue weighted by Crippen LogP contribution is -2.28. The highest BCUT2D eigenvalue weighted by atomic mass is 16.2. The maximum atomic E-state index is 12.1. The van der Waals surface area contributed by atoms with Crippen LogP contribution in [-0.2, 0) is 4.79 Å². The highest BCUT2D eigenvalue weighted by molar-refractivity contribution is 5.94. The molecule has 0 N–H and O–H groups in total. The molecule has 0 atom stereocenters. The molecule has 1 saturated carbocycles. The van der Waals surface area contributed by atoms with E-state index in [2.05, 4.69) is 15.9 Å². The molecule has 1 spiro atoms. The van der Waals surface area contributed by atoms with Crippen LogP contribution in [0.15, 0.2) is 12.3 Å². The molecule has 1 aromatic rings. The van der Waals surface area contributed by atoms with Crippen molar-refractivity contribution in [2.75, 3.05) is 11.4 Å². The van der Waals surface area contributed by atoms with Crippen LogP contribution >= 0.6 is 0 Å². The van der Waals surface area contributed by atoms with E-state index in [1.165, 1.54) is 12.8 Å². The van der Waals surface area contributed by atoms with Crippen molar-refractivity contribution >= 4 is 11.9 Å². The second-order valence-electron chi connectivity index (χ2n) is 5.25. The van der Waals surface area contributed by atoms with E-state index in [4.69, 9.17) is 6.42 Å². The summed E-state index contributed by atoms with van der Waals surface area (Å²) in [5.74, 6) is 3.07. The second-order valence-corrected chi connectivity index (χ2v) is 5.25. The summed E-state index contributed by atoms with van der Waals surface area (Å²) in [5.41, 5.74) is 0.701. The van der Waals surface area contributed by atoms with Gasteiger partial charge in [0.1, 0.15) is 5.69 Å². The second kappa shape index (κ2) is 4.09. The van der Waals surface area contributed by atoms with E-state index in [9.17, 15) is 4.79 Å². The van der Waals surface area contributed by atoms with Crippen molar-refractivity contribution in [3.63, 3.8) is 0 Å². The van der Waals surface area contributed by atoms with E-state index in [1.54, 1.807) is 17.2 Å². The van der Waals surface area contributed by atoms with Crippen molar-refractivity contribution < 1.29 is 4.79 Å². The Morgan fingerprint density at radius 1 is 1.39 bits per heavy atom. The lowest BCUT2D eigenvalue weighted by atomic mass is 9.85. The first-order chi connectivity index (χ1) is 8.72. The summed E-state index contributed by atoms with van der Waals surface area (Å²) in [5, 5.41) is 0. The molecule has 0 unspecified atom stereocenters. The van der Waals surface area contributed by atoms with Crippen molar-refractivity contribution in [2.24, 2.45) is 5.41 Å². The van der Waals surface area contributed by atoms with Crippen LogP contribution in [0.3, 0.4) is 0 Å². The highest BCUT2D eigenvalue weighted by Gasteiger charge is 2.45. The standard InChI is InChI=1S/C14H15N3O/c1-2-11-5-8-15-13(16-11)17-10-14(9-12(17)18)6-3-4-7-14/h1,5,8H,3-4,6-7,9-10H2. The minimum Gasteiger partial charge on any atom is -0.280 e. The molecule has 0 aromatic carbocycles. The average Bonchev–Trinajstić information content (AvgIpc) is 2.97. The number of aromatic nitrogens is 2. The van der Waals surface area contributed by atoms with Crippen LogP contribution < -0.4 is 4.90 Å². The number of carbonyl (C=O) groups excluding carboxylic acids is 1. The fraction of sp³-hybridized carbons (Fsp3) is 0.500. The number of carbonyl (C=O) groups is 1. The molecule has 3 rings (SSSR count). The molecule has 92 valence electrons. The zero-order chi connectivity index (χ0) is 12.6. The van der Waals surface area contributed by atoms with Crippen LogP contribution in [0.4, 0.5) is 5.95 Å². The van der Waals surface area contributed by atoms with Crippen LogP contribution in [0.1, 0.15) is 37.8 Å². The van der Waals surface area contributed by atoms with Gasteiger partial charge in [-0.2, -0.15) is 0 Å². The van der Waals surface area contributed by atoms with E-state index >= 15 is 0 Å². The number of anilines is 1. The van der Waals surface area contributed by atoms with Gasteiger partial charge in [-0.05, 0) is 24.3 Å². The van der Waals surface area contributed by atoms with Gasteiger partial charge >= 0.3 is 0 Å². The molecule has 2 fully saturated rings. The number of rotatable bonds is 1. The molecule has 2 aliphatic rings. The summed E-state index contributed by atoms with van der Waals surface area (Å²) in [4.78, 5) is 22.2. The number of hydrogen-bond donors (Lipinski definition) is 0. The fourth-order valence-corrected chi connectivity index (χ4v) is 3.10. The Bertz CT molecular complexity index is 526. The third-order valence-corrected chi connectivity index (χ3v) is 4.02. The van der Waals surface area contributed by atoms with Crippen molar-refractivity contribution in [3.05, 3.63) is 18.0 Å². The van der Waals surface area contributed by atoms with Gasteiger partial charge in [-0.1, -0.05) is 18.8 Å². The first kappa shape index (κ1) is 11.2. The zero-order valence-corrected chi connectivity index (χ0v) is 10.2. The minimum absolute atomic E-state index is 0.131. The first-order valence-corrected chi connectivity index (χ1v) is 6.33. The maximum Gasteiger partial charge on any atom is 0.233 e. The fourth-order valence-electron chi connectivity index (χ4n) is 3.10. The molecule has 0 radical (unpaired) electrons. The predicted molar refractivity (Wildman–Crippen MR) is 67.8 cm³/mol. The first-order valence-electron chi connectivity index (χ1n) is 6.33. The normalized spacial score (nSPS) is 21.5. The van der Waals surface area contributed by atoms with Crippen LogP contribution in [0, 0.1) is 17.8 Å². The number of terminal acetylenes is 1. The lowest BCUT2D eigenvalue weighted by molar-refractivity contribution is -0.117. The number of nitrogens with zero attached hydrogens (tertiary/aromatic N) is 3. The Kier molecular flexibility index (Phi) is 2.55. The summed E-state index contributed by atoms with van der Waals surface area (Å²) in [6.45, 7) is 0.750. The monoisotopic (exact) mass is 241 g/mol. The van der Waals surface area contributed by atoms with E-state index in [0.29, 0.717) is 18.1 Å². The van der Waals surface area contributed by atoms with E-state index in [0.717, 1.165) is 19.4 Å². The van der Waals surface area contributed by atoms with Gasteiger partial charge in [0.2, 0.25) is 11.9 Å². The lowest BCUT2D eigenvalue weighted by Gasteiger charge is -2.21. The van der Waals surface area contributed by atoms with Gasteiger partial charge < -0.3 is 0 Å². The third kappa shape index (κ3) is 1.76. The van der Waals surface area contributed by atoms with Crippen LogP contribution in [0.5, 0.6) is 0 Å².